The van der Waals surface area contributed by atoms with E-state index in [2.05, 4.69) is 143 Å². The Labute approximate surface area is 631 Å². The smallest absolute Gasteiger partial charge is 0.462 e. The van der Waals surface area contributed by atoms with Gasteiger partial charge in [-0.2, -0.15) is 0 Å². The second kappa shape index (κ2) is 76.4. The van der Waals surface area contributed by atoms with Gasteiger partial charge in [-0.25, -0.2) is 9.13 Å². The number of unbranched alkanes of at least 4 members (excludes halogenated alkanes) is 27. The highest BCUT2D eigenvalue weighted by Gasteiger charge is 2.30. The Balaban J connectivity index is 5.44. The van der Waals surface area contributed by atoms with Gasteiger partial charge < -0.3 is 33.8 Å². The summed E-state index contributed by atoms with van der Waals surface area (Å²) in [6.07, 6.45) is 85.8. The van der Waals surface area contributed by atoms with Crippen molar-refractivity contribution in [1.82, 2.24) is 0 Å². The zero-order valence-electron chi connectivity index (χ0n) is 65.2. The van der Waals surface area contributed by atoms with Crippen LogP contribution in [-0.4, -0.2) is 96.7 Å². The lowest BCUT2D eigenvalue weighted by atomic mass is 10.0. The summed E-state index contributed by atoms with van der Waals surface area (Å²) in [5, 5.41) is 10.6. The van der Waals surface area contributed by atoms with Crippen LogP contribution in [0.1, 0.15) is 323 Å². The second-order valence-corrected chi connectivity index (χ2v) is 29.5. The van der Waals surface area contributed by atoms with Gasteiger partial charge in [-0.1, -0.05) is 303 Å². The molecule has 0 aliphatic carbocycles. The van der Waals surface area contributed by atoms with Gasteiger partial charge in [-0.15, -0.1) is 0 Å². The van der Waals surface area contributed by atoms with Crippen molar-refractivity contribution < 1.29 is 80.2 Å². The van der Waals surface area contributed by atoms with E-state index in [0.717, 1.165) is 167 Å². The van der Waals surface area contributed by atoms with E-state index >= 15 is 0 Å². The van der Waals surface area contributed by atoms with Crippen molar-refractivity contribution in [1.29, 1.82) is 0 Å². The van der Waals surface area contributed by atoms with E-state index in [1.54, 1.807) is 0 Å². The van der Waals surface area contributed by atoms with Gasteiger partial charge in [-0.05, 0) is 128 Å². The summed E-state index contributed by atoms with van der Waals surface area (Å²) >= 11 is 0. The minimum atomic E-state index is -5.00. The molecular weight excluding hydrogens is 1350 g/mol. The molecule has 0 aliphatic rings. The number of aliphatic hydroxyl groups is 1. The van der Waals surface area contributed by atoms with E-state index in [9.17, 15) is 43.2 Å². The maximum Gasteiger partial charge on any atom is 0.472 e. The molecule has 0 heterocycles. The van der Waals surface area contributed by atoms with Crippen LogP contribution in [0.5, 0.6) is 0 Å². The lowest BCUT2D eigenvalue weighted by molar-refractivity contribution is -0.161. The first kappa shape index (κ1) is 99.2. The Morgan fingerprint density at radius 2 is 0.519 bits per heavy atom. The number of carbonyl (C=O) groups is 4. The topological polar surface area (TPSA) is 237 Å². The summed E-state index contributed by atoms with van der Waals surface area (Å²) < 4.78 is 68.6. The van der Waals surface area contributed by atoms with Crippen molar-refractivity contribution in [2.24, 2.45) is 0 Å². The number of carbonyl (C=O) groups excluding carboxylic acids is 4. The van der Waals surface area contributed by atoms with Crippen LogP contribution in [-0.2, 0) is 65.4 Å². The number of phosphoric acid groups is 2. The molecule has 0 saturated carbocycles. The van der Waals surface area contributed by atoms with E-state index in [-0.39, 0.29) is 25.7 Å². The van der Waals surface area contributed by atoms with Gasteiger partial charge in [-0.3, -0.25) is 37.3 Å². The highest BCUT2D eigenvalue weighted by atomic mass is 31.2. The molecule has 0 amide bonds. The van der Waals surface area contributed by atoms with Crippen molar-refractivity contribution in [2.45, 2.75) is 341 Å². The predicted molar refractivity (Wildman–Crippen MR) is 427 cm³/mol. The van der Waals surface area contributed by atoms with Crippen LogP contribution in [0.3, 0.4) is 0 Å². The molecule has 0 aromatic heterocycles. The van der Waals surface area contributed by atoms with E-state index in [4.69, 9.17) is 37.0 Å². The molecule has 19 heteroatoms. The summed E-state index contributed by atoms with van der Waals surface area (Å²) in [5.41, 5.74) is 0. The average molecular weight is 1500 g/mol. The van der Waals surface area contributed by atoms with Crippen LogP contribution in [0.4, 0.5) is 0 Å². The van der Waals surface area contributed by atoms with Gasteiger partial charge in [0, 0.05) is 25.7 Å². The largest absolute Gasteiger partial charge is 0.472 e. The lowest BCUT2D eigenvalue weighted by Gasteiger charge is -2.21. The fourth-order valence-electron chi connectivity index (χ4n) is 10.5. The van der Waals surface area contributed by atoms with Gasteiger partial charge in [0.2, 0.25) is 0 Å². The molecule has 17 nitrogen and oxygen atoms in total. The zero-order chi connectivity index (χ0) is 76.0. The minimum absolute atomic E-state index is 0.0309. The predicted octanol–water partition coefficient (Wildman–Crippen LogP) is 23.7. The maximum absolute atomic E-state index is 13.1. The normalized spacial score (nSPS) is 14.6. The van der Waals surface area contributed by atoms with E-state index < -0.39 is 97.5 Å². The van der Waals surface area contributed by atoms with E-state index in [0.29, 0.717) is 32.1 Å². The highest BCUT2D eigenvalue weighted by molar-refractivity contribution is 7.47. The molecular formula is C85H144O17P2. The van der Waals surface area contributed by atoms with E-state index in [1.165, 1.54) is 70.6 Å². The molecule has 0 aromatic carbocycles. The monoisotopic (exact) mass is 1500 g/mol. The quantitative estimate of drug-likeness (QED) is 0.0169. The Bertz CT molecular complexity index is 2490. The van der Waals surface area contributed by atoms with Gasteiger partial charge >= 0.3 is 39.5 Å². The van der Waals surface area contributed by atoms with Crippen LogP contribution < -0.4 is 0 Å². The van der Waals surface area contributed by atoms with Crippen LogP contribution >= 0.6 is 15.6 Å². The number of hydrogen-bond donors (Lipinski definition) is 3. The first-order valence-electron chi connectivity index (χ1n) is 40.4. The second-order valence-electron chi connectivity index (χ2n) is 26.6. The zero-order valence-corrected chi connectivity index (χ0v) is 66.9. The van der Waals surface area contributed by atoms with Crippen molar-refractivity contribution in [3.63, 3.8) is 0 Å². The molecule has 596 valence electrons. The minimum Gasteiger partial charge on any atom is -0.462 e. The van der Waals surface area contributed by atoms with Gasteiger partial charge in [0.25, 0.3) is 0 Å². The van der Waals surface area contributed by atoms with Crippen LogP contribution in [0, 0.1) is 0 Å². The third-order valence-electron chi connectivity index (χ3n) is 16.6. The first-order chi connectivity index (χ1) is 50.7. The summed E-state index contributed by atoms with van der Waals surface area (Å²) in [5.74, 6) is -2.29. The fraction of sp³-hybridized carbons (Fsp3) is 0.694. The molecule has 0 spiro atoms. The number of aliphatic hydroxyl groups excluding tert-OH is 1. The molecule has 0 aliphatic heterocycles. The van der Waals surface area contributed by atoms with E-state index in [1.807, 2.05) is 18.2 Å². The molecule has 0 radical (unpaired) electrons. The van der Waals surface area contributed by atoms with Crippen molar-refractivity contribution in [3.05, 3.63) is 134 Å². The fourth-order valence-corrected chi connectivity index (χ4v) is 12.1. The number of ether oxygens (including phenoxy) is 4. The van der Waals surface area contributed by atoms with Gasteiger partial charge in [0.05, 0.1) is 26.4 Å². The molecule has 0 aromatic rings. The van der Waals surface area contributed by atoms with Crippen LogP contribution in [0.25, 0.3) is 0 Å². The maximum atomic E-state index is 13.1. The third-order valence-corrected chi connectivity index (χ3v) is 18.5. The average Bonchev–Trinajstić information content (AvgIpc) is 0.911. The highest BCUT2D eigenvalue weighted by Crippen LogP contribution is 2.45. The number of esters is 4. The van der Waals surface area contributed by atoms with Crippen molar-refractivity contribution in [3.8, 4) is 0 Å². The Kier molecular flexibility index (Phi) is 72.9. The molecule has 0 rings (SSSR count). The summed E-state index contributed by atoms with van der Waals surface area (Å²) in [6.45, 7) is 4.54. The molecule has 3 N–H and O–H groups in total. The van der Waals surface area contributed by atoms with Gasteiger partial charge in [0.15, 0.2) is 12.2 Å². The van der Waals surface area contributed by atoms with Crippen molar-refractivity contribution in [2.75, 3.05) is 39.6 Å². The molecule has 0 fully saturated rings. The van der Waals surface area contributed by atoms with Crippen molar-refractivity contribution >= 4 is 39.5 Å². The molecule has 0 bridgehead atoms. The SMILES string of the molecule is CC/C=C\C/C=C\C/C=C\C/C=C\C/C=C\C/C=C\CCC(=O)OCC(COP(=O)(O)OCC(O)COP(=O)(O)OCC(COC(=O)CCCCCCC/C=C\C/C=C\CCCCC)OC(=O)CCCCCCCCCCCCCCC)OC(=O)CCCCCCCCC/C=C\C/C=C\C/C=C\CC. The van der Waals surface area contributed by atoms with Crippen LogP contribution in [0.2, 0.25) is 0 Å². The Morgan fingerprint density at radius 1 is 0.279 bits per heavy atom. The molecule has 0 saturated heterocycles. The number of phosphoric ester groups is 2. The number of rotatable bonds is 75. The van der Waals surface area contributed by atoms with Crippen LogP contribution in [0.15, 0.2) is 134 Å². The molecule has 5 atom stereocenters. The number of allylic oxidation sites excluding steroid dienone is 22. The first-order valence-corrected chi connectivity index (χ1v) is 43.4. The molecule has 104 heavy (non-hydrogen) atoms. The summed E-state index contributed by atoms with van der Waals surface area (Å²) in [6, 6.07) is 0. The summed E-state index contributed by atoms with van der Waals surface area (Å²) in [7, 11) is -9.99. The number of hydrogen-bond acceptors (Lipinski definition) is 15. The van der Waals surface area contributed by atoms with Gasteiger partial charge in [0.1, 0.15) is 19.3 Å². The third kappa shape index (κ3) is 75.4. The Hall–Kier alpha value is -4.80. The standard InChI is InChI=1S/C85H144O17P2/c1-5-9-13-17-21-25-29-33-36-38-39-41-43-47-50-54-58-62-66-70-83(88)96-76-81(102-85(90)72-68-64-60-56-52-48-44-40-37-34-30-26-22-18-14-10-6-2)78-100-104(93,94)98-74-79(86)73-97-103(91,92)99-77-80(101-84(89)71-67-63-59-55-51-45-32-28-24-20-16-12-8-4)75-95-82(87)69-65-61-57-53-49-46-42-35-31-27-23-19-15-11-7-3/h9-10,13-14,21-23,25-27,33-37,39,41-42,47,50,58,62,79-81,86H,5-8,11-12,15-20,24,28-32,38,40,43-46,48-49,51-57,59-61,63-78H2,1-4H3,(H,91,92)(H,93,94)/b13-9-,14-10-,25-21-,26-22-,27-23-,36-33-,37-34-,41-39-,42-35-,50-47-,62-58-. The Morgan fingerprint density at radius 3 is 0.846 bits per heavy atom. The summed E-state index contributed by atoms with van der Waals surface area (Å²) in [4.78, 5) is 73.0. The molecule has 5 unspecified atom stereocenters. The lowest BCUT2D eigenvalue weighted by Crippen LogP contribution is -2.30.